The molecule has 1 aliphatic rings. The largest absolute Gasteiger partial charge is 0.339 e. The molecule has 1 N–H and O–H groups in total. The van der Waals surface area contributed by atoms with E-state index in [-0.39, 0.29) is 16.7 Å². The molecule has 1 aliphatic heterocycles. The van der Waals surface area contributed by atoms with Gasteiger partial charge < -0.3 is 9.80 Å². The fraction of sp³-hybridized carbons (Fsp3) is 0.440. The van der Waals surface area contributed by atoms with Crippen molar-refractivity contribution in [1.29, 1.82) is 0 Å². The highest BCUT2D eigenvalue weighted by Gasteiger charge is 2.25. The first-order chi connectivity index (χ1) is 15.6. The van der Waals surface area contributed by atoms with Crippen LogP contribution in [0, 0.1) is 19.8 Å². The minimum atomic E-state index is -3.71. The highest BCUT2D eigenvalue weighted by atomic mass is 32.2. The lowest BCUT2D eigenvalue weighted by Gasteiger charge is -2.35. The molecule has 1 heterocycles. The summed E-state index contributed by atoms with van der Waals surface area (Å²) in [5, 5.41) is 0. The van der Waals surface area contributed by atoms with Gasteiger partial charge >= 0.3 is 0 Å². The highest BCUT2D eigenvalue weighted by molar-refractivity contribution is 7.92. The number of piperazine rings is 1. The lowest BCUT2D eigenvalue weighted by atomic mass is 10.1. The molecule has 2 aromatic rings. The highest BCUT2D eigenvalue weighted by Crippen LogP contribution is 2.20. The topological polar surface area (TPSA) is 86.8 Å². The van der Waals surface area contributed by atoms with Crippen molar-refractivity contribution in [3.63, 3.8) is 0 Å². The van der Waals surface area contributed by atoms with Gasteiger partial charge in [0.15, 0.2) is 0 Å². The second-order valence-corrected chi connectivity index (χ2v) is 10.7. The fourth-order valence-corrected chi connectivity index (χ4v) is 4.83. The maximum absolute atomic E-state index is 12.9. The zero-order chi connectivity index (χ0) is 24.2. The third kappa shape index (κ3) is 6.35. The van der Waals surface area contributed by atoms with Crippen molar-refractivity contribution < 1.29 is 18.0 Å². The lowest BCUT2D eigenvalue weighted by molar-refractivity contribution is -0.132. The third-order valence-electron chi connectivity index (χ3n) is 6.03. The summed E-state index contributed by atoms with van der Waals surface area (Å²) < 4.78 is 27.9. The Morgan fingerprint density at radius 3 is 2.09 bits per heavy atom. The van der Waals surface area contributed by atoms with E-state index in [9.17, 15) is 18.0 Å². The number of nitrogens with zero attached hydrogens (tertiary/aromatic N) is 2. The third-order valence-corrected chi connectivity index (χ3v) is 7.41. The van der Waals surface area contributed by atoms with Crippen molar-refractivity contribution in [3.8, 4) is 0 Å². The molecule has 178 valence electrons. The summed E-state index contributed by atoms with van der Waals surface area (Å²) in [6.07, 6.45) is 1.42. The van der Waals surface area contributed by atoms with E-state index in [0.29, 0.717) is 49.8 Å². The molecule has 0 atom stereocenters. The molecular weight excluding hydrogens is 438 g/mol. The molecule has 0 unspecified atom stereocenters. The molecule has 0 bridgehead atoms. The molecule has 1 fully saturated rings. The van der Waals surface area contributed by atoms with E-state index in [1.165, 1.54) is 0 Å². The first kappa shape index (κ1) is 24.8. The van der Waals surface area contributed by atoms with Crippen LogP contribution in [0.5, 0.6) is 0 Å². The first-order valence-electron chi connectivity index (χ1n) is 11.3. The molecule has 2 amide bonds. The number of hydrogen-bond acceptors (Lipinski definition) is 4. The number of amides is 2. The number of sulfonamides is 1. The lowest BCUT2D eigenvalue weighted by Crippen LogP contribution is -2.50. The zero-order valence-electron chi connectivity index (χ0n) is 19.8. The predicted octanol–water partition coefficient (Wildman–Crippen LogP) is 3.82. The molecule has 0 spiro atoms. The van der Waals surface area contributed by atoms with Crippen LogP contribution in [0.25, 0.3) is 0 Å². The quantitative estimate of drug-likeness (QED) is 0.665. The number of nitrogens with one attached hydrogen (secondary N) is 1. The van der Waals surface area contributed by atoms with Gasteiger partial charge in [-0.1, -0.05) is 19.9 Å². The second kappa shape index (κ2) is 10.4. The van der Waals surface area contributed by atoms with Gasteiger partial charge in [0.05, 0.1) is 4.90 Å². The Balaban J connectivity index is 1.58. The summed E-state index contributed by atoms with van der Waals surface area (Å²) in [6.45, 7) is 10.1. The van der Waals surface area contributed by atoms with Gasteiger partial charge in [-0.05, 0) is 73.7 Å². The van der Waals surface area contributed by atoms with Gasteiger partial charge in [0, 0.05) is 43.9 Å². The van der Waals surface area contributed by atoms with Crippen molar-refractivity contribution in [2.24, 2.45) is 5.92 Å². The van der Waals surface area contributed by atoms with E-state index in [1.54, 1.807) is 47.4 Å². The van der Waals surface area contributed by atoms with Crippen molar-refractivity contribution in [3.05, 3.63) is 59.2 Å². The molecular formula is C25H33N3O4S. The molecule has 7 nitrogen and oxygen atoms in total. The Hall–Kier alpha value is -2.87. The van der Waals surface area contributed by atoms with Crippen LogP contribution in [0.2, 0.25) is 0 Å². The number of carbonyl (C=O) groups excluding carboxylic acids is 2. The number of benzene rings is 2. The van der Waals surface area contributed by atoms with Gasteiger partial charge in [-0.3, -0.25) is 14.3 Å². The zero-order valence-corrected chi connectivity index (χ0v) is 20.6. The van der Waals surface area contributed by atoms with Crippen molar-refractivity contribution in [1.82, 2.24) is 9.80 Å². The first-order valence-corrected chi connectivity index (χ1v) is 12.8. The summed E-state index contributed by atoms with van der Waals surface area (Å²) in [4.78, 5) is 28.9. The average molecular weight is 472 g/mol. The Kier molecular flexibility index (Phi) is 7.79. The van der Waals surface area contributed by atoms with Crippen LogP contribution in [-0.2, 0) is 14.8 Å². The van der Waals surface area contributed by atoms with Crippen molar-refractivity contribution in [2.75, 3.05) is 30.9 Å². The van der Waals surface area contributed by atoms with E-state index in [0.717, 1.165) is 17.5 Å². The van der Waals surface area contributed by atoms with Gasteiger partial charge in [0.1, 0.15) is 0 Å². The van der Waals surface area contributed by atoms with E-state index >= 15 is 0 Å². The Labute approximate surface area is 196 Å². The summed E-state index contributed by atoms with van der Waals surface area (Å²) in [6, 6.07) is 11.4. The van der Waals surface area contributed by atoms with Crippen LogP contribution in [0.3, 0.4) is 0 Å². The summed E-state index contributed by atoms with van der Waals surface area (Å²) >= 11 is 0. The second-order valence-electron chi connectivity index (χ2n) is 9.03. The Morgan fingerprint density at radius 1 is 0.909 bits per heavy atom. The smallest absolute Gasteiger partial charge is 0.261 e. The van der Waals surface area contributed by atoms with Crippen LogP contribution in [0.1, 0.15) is 48.2 Å². The minimum Gasteiger partial charge on any atom is -0.339 e. The maximum Gasteiger partial charge on any atom is 0.261 e. The van der Waals surface area contributed by atoms with E-state index < -0.39 is 10.0 Å². The molecule has 3 rings (SSSR count). The molecule has 0 aliphatic carbocycles. The van der Waals surface area contributed by atoms with E-state index in [1.807, 2.05) is 18.7 Å². The molecule has 33 heavy (non-hydrogen) atoms. The average Bonchev–Trinajstić information content (AvgIpc) is 2.79. The van der Waals surface area contributed by atoms with Crippen LogP contribution in [-0.4, -0.2) is 56.2 Å². The molecule has 2 aromatic carbocycles. The van der Waals surface area contributed by atoms with Crippen LogP contribution >= 0.6 is 0 Å². The number of rotatable bonds is 7. The predicted molar refractivity (Wildman–Crippen MR) is 130 cm³/mol. The molecule has 0 radical (unpaired) electrons. The van der Waals surface area contributed by atoms with Gasteiger partial charge in [-0.25, -0.2) is 8.42 Å². The Bertz CT molecular complexity index is 1100. The number of aryl methyl sites for hydroxylation is 2. The normalized spacial score (nSPS) is 14.5. The van der Waals surface area contributed by atoms with Crippen LogP contribution < -0.4 is 4.72 Å². The van der Waals surface area contributed by atoms with Gasteiger partial charge in [-0.2, -0.15) is 0 Å². The number of hydrogen-bond donors (Lipinski definition) is 1. The SMILES string of the molecule is Cc1ccc(S(=O)(=O)Nc2ccc(C(=O)N3CCN(C(=O)CCC(C)C)CC3)cc2)cc1C. The van der Waals surface area contributed by atoms with Gasteiger partial charge in [0.25, 0.3) is 15.9 Å². The van der Waals surface area contributed by atoms with Crippen molar-refractivity contribution in [2.45, 2.75) is 45.4 Å². The number of anilines is 1. The van der Waals surface area contributed by atoms with Crippen LogP contribution in [0.15, 0.2) is 47.4 Å². The fourth-order valence-electron chi connectivity index (χ4n) is 3.69. The molecule has 0 aromatic heterocycles. The monoisotopic (exact) mass is 471 g/mol. The van der Waals surface area contributed by atoms with Gasteiger partial charge in [0.2, 0.25) is 5.91 Å². The maximum atomic E-state index is 12.9. The van der Waals surface area contributed by atoms with E-state index in [2.05, 4.69) is 18.6 Å². The standard InChI is InChI=1S/C25H33N3O4S/c1-18(2)5-12-24(29)27-13-15-28(16-14-27)25(30)21-7-9-22(10-8-21)26-33(31,32)23-11-6-19(3)20(4)17-23/h6-11,17-18,26H,5,12-16H2,1-4H3. The molecule has 0 saturated carbocycles. The van der Waals surface area contributed by atoms with Crippen LogP contribution in [0.4, 0.5) is 5.69 Å². The van der Waals surface area contributed by atoms with E-state index in [4.69, 9.17) is 0 Å². The Morgan fingerprint density at radius 2 is 1.52 bits per heavy atom. The van der Waals surface area contributed by atoms with Gasteiger partial charge in [-0.15, -0.1) is 0 Å². The molecule has 1 saturated heterocycles. The van der Waals surface area contributed by atoms with Crippen molar-refractivity contribution >= 4 is 27.5 Å². The number of carbonyl (C=O) groups is 2. The summed E-state index contributed by atoms with van der Waals surface area (Å²) in [5.41, 5.74) is 2.81. The summed E-state index contributed by atoms with van der Waals surface area (Å²) in [7, 11) is -3.71. The molecule has 8 heteroatoms. The summed E-state index contributed by atoms with van der Waals surface area (Å²) in [5.74, 6) is 0.523. The minimum absolute atomic E-state index is 0.118.